The zero-order chi connectivity index (χ0) is 13.6. The molecule has 22 heavy (non-hydrogen) atoms. The first-order chi connectivity index (χ1) is 9.92. The van der Waals surface area contributed by atoms with Gasteiger partial charge in [-0.1, -0.05) is 23.4 Å². The number of hydrogen-bond donors (Lipinski definition) is 2. The van der Waals surface area contributed by atoms with E-state index in [-0.39, 0.29) is 24.8 Å². The molecule has 122 valence electrons. The predicted molar refractivity (Wildman–Crippen MR) is 94.3 cm³/mol. The molecule has 0 saturated carbocycles. The number of hydrogen-bond acceptors (Lipinski definition) is 4. The minimum Gasteiger partial charge on any atom is -0.383 e. The molecular formula is C15H23Cl2N5. The first kappa shape index (κ1) is 18.7. The van der Waals surface area contributed by atoms with Crippen molar-refractivity contribution in [2.24, 2.45) is 0 Å². The lowest BCUT2D eigenvalue weighted by Crippen LogP contribution is -2.28. The van der Waals surface area contributed by atoms with E-state index in [1.165, 1.54) is 12.8 Å². The van der Waals surface area contributed by atoms with Crippen molar-refractivity contribution in [2.75, 3.05) is 25.0 Å². The van der Waals surface area contributed by atoms with E-state index in [9.17, 15) is 0 Å². The highest BCUT2D eigenvalue weighted by Gasteiger charge is 2.17. The van der Waals surface area contributed by atoms with Gasteiger partial charge in [-0.15, -0.1) is 29.9 Å². The highest BCUT2D eigenvalue weighted by molar-refractivity contribution is 5.85. The third kappa shape index (κ3) is 5.16. The van der Waals surface area contributed by atoms with Crippen LogP contribution in [0.2, 0.25) is 0 Å². The van der Waals surface area contributed by atoms with Crippen molar-refractivity contribution in [3.05, 3.63) is 42.2 Å². The number of anilines is 1. The maximum absolute atomic E-state index is 4.31. The van der Waals surface area contributed by atoms with Gasteiger partial charge in [0.15, 0.2) is 0 Å². The van der Waals surface area contributed by atoms with Gasteiger partial charge < -0.3 is 10.6 Å². The second-order valence-corrected chi connectivity index (χ2v) is 5.24. The Hall–Kier alpha value is -1.30. The van der Waals surface area contributed by atoms with Gasteiger partial charge in [-0.05, 0) is 31.5 Å². The average molecular weight is 344 g/mol. The molecule has 1 unspecified atom stereocenters. The van der Waals surface area contributed by atoms with Gasteiger partial charge >= 0.3 is 0 Å². The van der Waals surface area contributed by atoms with E-state index in [4.69, 9.17) is 0 Å². The fourth-order valence-electron chi connectivity index (χ4n) is 2.58. The number of rotatable bonds is 5. The van der Waals surface area contributed by atoms with Gasteiger partial charge in [0.2, 0.25) is 0 Å². The van der Waals surface area contributed by atoms with Crippen LogP contribution in [0.1, 0.15) is 24.5 Å². The van der Waals surface area contributed by atoms with Crippen LogP contribution in [0.4, 0.5) is 5.69 Å². The smallest absolute Gasteiger partial charge is 0.0870 e. The quantitative estimate of drug-likeness (QED) is 0.876. The van der Waals surface area contributed by atoms with Gasteiger partial charge in [-0.3, -0.25) is 4.68 Å². The molecule has 1 aliphatic heterocycles. The largest absolute Gasteiger partial charge is 0.383 e. The van der Waals surface area contributed by atoms with Crippen molar-refractivity contribution in [1.29, 1.82) is 0 Å². The number of aromatic nitrogens is 3. The standard InChI is InChI=1S/C15H21N5.2ClH/c1-2-6-14(7-3-1)17-9-10-20-12-15(18-19-20)13-5-4-8-16-11-13;;/h1-3,6-7,12-13,16-17H,4-5,8-11H2;2*1H. The molecule has 3 rings (SSSR count). The lowest BCUT2D eigenvalue weighted by atomic mass is 9.97. The van der Waals surface area contributed by atoms with Crippen LogP contribution in [0, 0.1) is 0 Å². The molecule has 1 aromatic heterocycles. The fourth-order valence-corrected chi connectivity index (χ4v) is 2.58. The summed E-state index contributed by atoms with van der Waals surface area (Å²) < 4.78 is 1.93. The van der Waals surface area contributed by atoms with E-state index >= 15 is 0 Å². The van der Waals surface area contributed by atoms with Crippen molar-refractivity contribution in [2.45, 2.75) is 25.3 Å². The second kappa shape index (κ2) is 9.66. The summed E-state index contributed by atoms with van der Waals surface area (Å²) in [5.41, 5.74) is 2.27. The molecular weight excluding hydrogens is 321 g/mol. The molecule has 2 N–H and O–H groups in total. The number of piperidine rings is 1. The number of benzene rings is 1. The zero-order valence-electron chi connectivity index (χ0n) is 12.4. The molecule has 2 aromatic rings. The Morgan fingerprint density at radius 2 is 2.05 bits per heavy atom. The summed E-state index contributed by atoms with van der Waals surface area (Å²) in [6.45, 7) is 3.85. The van der Waals surface area contributed by atoms with Crippen LogP contribution in [-0.4, -0.2) is 34.6 Å². The van der Waals surface area contributed by atoms with Gasteiger partial charge in [-0.2, -0.15) is 0 Å². The van der Waals surface area contributed by atoms with Crippen molar-refractivity contribution >= 4 is 30.5 Å². The monoisotopic (exact) mass is 343 g/mol. The lowest BCUT2D eigenvalue weighted by molar-refractivity contribution is 0.454. The predicted octanol–water partition coefficient (Wildman–Crippen LogP) is 2.70. The van der Waals surface area contributed by atoms with Crippen LogP contribution >= 0.6 is 24.8 Å². The molecule has 7 heteroatoms. The Morgan fingerprint density at radius 1 is 1.23 bits per heavy atom. The van der Waals surface area contributed by atoms with Crippen LogP contribution in [0.5, 0.6) is 0 Å². The molecule has 1 aliphatic rings. The molecule has 0 spiro atoms. The molecule has 1 fully saturated rings. The Morgan fingerprint density at radius 3 is 2.77 bits per heavy atom. The van der Waals surface area contributed by atoms with Gasteiger partial charge in [0.05, 0.1) is 12.2 Å². The van der Waals surface area contributed by atoms with Crippen molar-refractivity contribution < 1.29 is 0 Å². The van der Waals surface area contributed by atoms with Crippen LogP contribution < -0.4 is 10.6 Å². The van der Waals surface area contributed by atoms with E-state index in [0.717, 1.165) is 37.6 Å². The summed E-state index contributed by atoms with van der Waals surface area (Å²) in [7, 11) is 0. The summed E-state index contributed by atoms with van der Waals surface area (Å²) in [5.74, 6) is 0.527. The number of nitrogens with one attached hydrogen (secondary N) is 2. The molecule has 1 aromatic carbocycles. The van der Waals surface area contributed by atoms with Crippen LogP contribution in [-0.2, 0) is 6.54 Å². The molecule has 1 saturated heterocycles. The topological polar surface area (TPSA) is 54.8 Å². The second-order valence-electron chi connectivity index (χ2n) is 5.24. The molecule has 0 amide bonds. The van der Waals surface area contributed by atoms with Crippen molar-refractivity contribution in [3.8, 4) is 0 Å². The van der Waals surface area contributed by atoms with Crippen molar-refractivity contribution in [3.63, 3.8) is 0 Å². The van der Waals surface area contributed by atoms with Crippen LogP contribution in [0.3, 0.4) is 0 Å². The summed E-state index contributed by atoms with van der Waals surface area (Å²) in [4.78, 5) is 0. The van der Waals surface area contributed by atoms with Gasteiger partial charge in [0.1, 0.15) is 0 Å². The Labute approximate surface area is 143 Å². The lowest BCUT2D eigenvalue weighted by Gasteiger charge is -2.20. The highest BCUT2D eigenvalue weighted by atomic mass is 35.5. The van der Waals surface area contributed by atoms with E-state index in [0.29, 0.717) is 5.92 Å². The summed E-state index contributed by atoms with van der Waals surface area (Å²) in [6, 6.07) is 10.2. The molecule has 0 bridgehead atoms. The van der Waals surface area contributed by atoms with Crippen molar-refractivity contribution in [1.82, 2.24) is 20.3 Å². The number of halogens is 2. The maximum atomic E-state index is 4.31. The molecule has 0 radical (unpaired) electrons. The Bertz CT molecular complexity index is 526. The van der Waals surface area contributed by atoms with Gasteiger partial charge in [-0.25, -0.2) is 0 Å². The highest BCUT2D eigenvalue weighted by Crippen LogP contribution is 2.20. The van der Waals surface area contributed by atoms with E-state index in [1.54, 1.807) is 0 Å². The number of nitrogens with zero attached hydrogens (tertiary/aromatic N) is 3. The molecule has 0 aliphatic carbocycles. The minimum atomic E-state index is 0. The van der Waals surface area contributed by atoms with Crippen LogP contribution in [0.25, 0.3) is 0 Å². The Balaban J connectivity index is 0.00000121. The van der Waals surface area contributed by atoms with E-state index < -0.39 is 0 Å². The van der Waals surface area contributed by atoms with Gasteiger partial charge in [0.25, 0.3) is 0 Å². The van der Waals surface area contributed by atoms with E-state index in [1.807, 2.05) is 22.9 Å². The summed E-state index contributed by atoms with van der Waals surface area (Å²) in [5, 5.41) is 15.3. The summed E-state index contributed by atoms with van der Waals surface area (Å²) in [6.07, 6.45) is 4.53. The van der Waals surface area contributed by atoms with E-state index in [2.05, 4.69) is 39.3 Å². The van der Waals surface area contributed by atoms with Crippen LogP contribution in [0.15, 0.2) is 36.5 Å². The summed E-state index contributed by atoms with van der Waals surface area (Å²) >= 11 is 0. The fraction of sp³-hybridized carbons (Fsp3) is 0.467. The first-order valence-electron chi connectivity index (χ1n) is 7.31. The molecule has 1 atom stereocenters. The number of para-hydroxylation sites is 1. The maximum Gasteiger partial charge on any atom is 0.0870 e. The average Bonchev–Trinajstić information content (AvgIpc) is 2.98. The molecule has 2 heterocycles. The first-order valence-corrected chi connectivity index (χ1v) is 7.31. The Kier molecular flexibility index (Phi) is 8.24. The normalized spacial score (nSPS) is 17.2. The molecule has 5 nitrogen and oxygen atoms in total. The third-order valence-corrected chi connectivity index (χ3v) is 3.72. The third-order valence-electron chi connectivity index (χ3n) is 3.72. The van der Waals surface area contributed by atoms with Gasteiger partial charge in [0, 0.05) is 30.9 Å². The SMILES string of the molecule is Cl.Cl.c1ccc(NCCn2cc(C3CCCNC3)nn2)cc1. The minimum absolute atomic E-state index is 0. The zero-order valence-corrected chi connectivity index (χ0v) is 14.1.